The molecule has 2 aromatic carbocycles. The summed E-state index contributed by atoms with van der Waals surface area (Å²) >= 11 is 0. The van der Waals surface area contributed by atoms with Crippen molar-refractivity contribution in [1.29, 1.82) is 0 Å². The van der Waals surface area contributed by atoms with E-state index in [4.69, 9.17) is 10.5 Å². The lowest BCUT2D eigenvalue weighted by Gasteiger charge is -2.10. The number of para-hydroxylation sites is 1. The molecule has 7 heteroatoms. The van der Waals surface area contributed by atoms with E-state index in [1.807, 2.05) is 24.3 Å². The first kappa shape index (κ1) is 18.0. The highest BCUT2D eigenvalue weighted by atomic mass is 32.2. The van der Waals surface area contributed by atoms with E-state index in [-0.39, 0.29) is 10.9 Å². The van der Waals surface area contributed by atoms with Gasteiger partial charge in [0, 0.05) is 24.6 Å². The van der Waals surface area contributed by atoms with Crippen molar-refractivity contribution in [3.8, 4) is 0 Å². The Labute approximate surface area is 142 Å². The number of methoxy groups -OCH3 is 1. The van der Waals surface area contributed by atoms with Crippen LogP contribution in [0.2, 0.25) is 0 Å². The van der Waals surface area contributed by atoms with Gasteiger partial charge in [0.15, 0.2) is 15.8 Å². The molecule has 128 valence electrons. The van der Waals surface area contributed by atoms with E-state index < -0.39 is 9.84 Å². The maximum Gasteiger partial charge on any atom is 0.193 e. The SMILES string of the molecule is COCc1ccccc1NC(N)=NCc1ccc(S(C)(=O)=O)cc1. The van der Waals surface area contributed by atoms with Crippen LogP contribution in [0.1, 0.15) is 11.1 Å². The lowest BCUT2D eigenvalue weighted by atomic mass is 10.2. The number of benzene rings is 2. The predicted molar refractivity (Wildman–Crippen MR) is 95.7 cm³/mol. The minimum atomic E-state index is -3.19. The minimum absolute atomic E-state index is 0.283. The molecule has 2 rings (SSSR count). The maximum atomic E-state index is 11.4. The number of aliphatic imine (C=N–C) groups is 1. The Balaban J connectivity index is 2.04. The van der Waals surface area contributed by atoms with Crippen LogP contribution in [0.25, 0.3) is 0 Å². The third kappa shape index (κ3) is 5.07. The van der Waals surface area contributed by atoms with Crippen LogP contribution in [0.3, 0.4) is 0 Å². The van der Waals surface area contributed by atoms with E-state index in [1.54, 1.807) is 31.4 Å². The molecule has 0 fully saturated rings. The van der Waals surface area contributed by atoms with Crippen LogP contribution in [0.4, 0.5) is 5.69 Å². The van der Waals surface area contributed by atoms with Crippen LogP contribution in [-0.2, 0) is 27.7 Å². The number of nitrogens with two attached hydrogens (primary N) is 1. The first-order valence-corrected chi connectivity index (χ1v) is 9.22. The molecule has 0 amide bonds. The molecular formula is C17H21N3O3S. The zero-order chi connectivity index (χ0) is 17.6. The van der Waals surface area contributed by atoms with Crippen LogP contribution < -0.4 is 11.1 Å². The van der Waals surface area contributed by atoms with Crippen molar-refractivity contribution in [2.45, 2.75) is 18.0 Å². The summed E-state index contributed by atoms with van der Waals surface area (Å²) in [7, 11) is -1.55. The first-order chi connectivity index (χ1) is 11.4. The predicted octanol–water partition coefficient (Wildman–Crippen LogP) is 2.16. The molecule has 2 aromatic rings. The van der Waals surface area contributed by atoms with E-state index in [2.05, 4.69) is 10.3 Å². The van der Waals surface area contributed by atoms with Crippen LogP contribution in [-0.4, -0.2) is 27.7 Å². The molecule has 0 saturated heterocycles. The van der Waals surface area contributed by atoms with E-state index in [0.29, 0.717) is 13.2 Å². The molecule has 0 atom stereocenters. The van der Waals surface area contributed by atoms with Gasteiger partial charge in [-0.1, -0.05) is 30.3 Å². The highest BCUT2D eigenvalue weighted by Crippen LogP contribution is 2.16. The number of nitrogens with zero attached hydrogens (tertiary/aromatic N) is 1. The number of guanidine groups is 1. The molecule has 0 aliphatic carbocycles. The van der Waals surface area contributed by atoms with Gasteiger partial charge in [-0.25, -0.2) is 13.4 Å². The van der Waals surface area contributed by atoms with Gasteiger partial charge in [-0.3, -0.25) is 0 Å². The molecule has 0 aliphatic rings. The van der Waals surface area contributed by atoms with Crippen LogP contribution in [0.5, 0.6) is 0 Å². The van der Waals surface area contributed by atoms with Crippen molar-refractivity contribution in [3.05, 3.63) is 59.7 Å². The quantitative estimate of drug-likeness (QED) is 0.617. The fraction of sp³-hybridized carbons (Fsp3) is 0.235. The molecule has 0 spiro atoms. The Bertz CT molecular complexity index is 815. The van der Waals surface area contributed by atoms with Crippen LogP contribution in [0.15, 0.2) is 58.4 Å². The lowest BCUT2D eigenvalue weighted by Crippen LogP contribution is -2.23. The summed E-state index contributed by atoms with van der Waals surface area (Å²) < 4.78 is 28.0. The second kappa shape index (κ2) is 7.94. The highest BCUT2D eigenvalue weighted by molar-refractivity contribution is 7.90. The summed E-state index contributed by atoms with van der Waals surface area (Å²) in [5, 5.41) is 3.05. The molecule has 0 unspecified atom stereocenters. The molecule has 0 heterocycles. The van der Waals surface area contributed by atoms with Crippen LogP contribution >= 0.6 is 0 Å². The Morgan fingerprint density at radius 3 is 2.46 bits per heavy atom. The average molecular weight is 347 g/mol. The Kier molecular flexibility index (Phi) is 5.94. The zero-order valence-corrected chi connectivity index (χ0v) is 14.5. The number of rotatable bonds is 6. The Morgan fingerprint density at radius 1 is 1.17 bits per heavy atom. The smallest absolute Gasteiger partial charge is 0.193 e. The summed E-state index contributed by atoms with van der Waals surface area (Å²) in [5.41, 5.74) is 8.62. The third-order valence-electron chi connectivity index (χ3n) is 3.36. The topological polar surface area (TPSA) is 93.8 Å². The lowest BCUT2D eigenvalue weighted by molar-refractivity contribution is 0.185. The summed E-state index contributed by atoms with van der Waals surface area (Å²) in [4.78, 5) is 4.56. The van der Waals surface area contributed by atoms with Crippen molar-refractivity contribution in [1.82, 2.24) is 0 Å². The monoisotopic (exact) mass is 347 g/mol. The minimum Gasteiger partial charge on any atom is -0.380 e. The molecule has 0 radical (unpaired) electrons. The van der Waals surface area contributed by atoms with Gasteiger partial charge in [-0.15, -0.1) is 0 Å². The molecular weight excluding hydrogens is 326 g/mol. The Hall–Kier alpha value is -2.38. The fourth-order valence-electron chi connectivity index (χ4n) is 2.12. The number of ether oxygens (including phenoxy) is 1. The van der Waals surface area contributed by atoms with E-state index in [0.717, 1.165) is 16.8 Å². The number of hydrogen-bond acceptors (Lipinski definition) is 4. The summed E-state index contributed by atoms with van der Waals surface area (Å²) in [6.07, 6.45) is 1.18. The van der Waals surface area contributed by atoms with Crippen molar-refractivity contribution in [3.63, 3.8) is 0 Å². The van der Waals surface area contributed by atoms with Gasteiger partial charge in [0.1, 0.15) is 0 Å². The summed E-state index contributed by atoms with van der Waals surface area (Å²) in [5.74, 6) is 0.283. The van der Waals surface area contributed by atoms with Gasteiger partial charge < -0.3 is 15.8 Å². The highest BCUT2D eigenvalue weighted by Gasteiger charge is 2.06. The second-order valence-corrected chi connectivity index (χ2v) is 7.35. The third-order valence-corrected chi connectivity index (χ3v) is 4.49. The van der Waals surface area contributed by atoms with E-state index >= 15 is 0 Å². The van der Waals surface area contributed by atoms with Gasteiger partial charge in [-0.2, -0.15) is 0 Å². The maximum absolute atomic E-state index is 11.4. The van der Waals surface area contributed by atoms with Crippen molar-refractivity contribution in [2.24, 2.45) is 10.7 Å². The van der Waals surface area contributed by atoms with Gasteiger partial charge in [0.2, 0.25) is 0 Å². The molecule has 6 nitrogen and oxygen atoms in total. The van der Waals surface area contributed by atoms with Gasteiger partial charge in [0.25, 0.3) is 0 Å². The van der Waals surface area contributed by atoms with Gasteiger partial charge >= 0.3 is 0 Å². The zero-order valence-electron chi connectivity index (χ0n) is 13.7. The van der Waals surface area contributed by atoms with Crippen molar-refractivity contribution < 1.29 is 13.2 Å². The fourth-order valence-corrected chi connectivity index (χ4v) is 2.75. The molecule has 3 N–H and O–H groups in total. The van der Waals surface area contributed by atoms with E-state index in [9.17, 15) is 8.42 Å². The average Bonchev–Trinajstić information content (AvgIpc) is 2.55. The number of nitrogens with one attached hydrogen (secondary N) is 1. The van der Waals surface area contributed by atoms with Crippen molar-refractivity contribution >= 4 is 21.5 Å². The van der Waals surface area contributed by atoms with Gasteiger partial charge in [0.05, 0.1) is 18.0 Å². The molecule has 24 heavy (non-hydrogen) atoms. The first-order valence-electron chi connectivity index (χ1n) is 7.33. The summed E-state index contributed by atoms with van der Waals surface area (Å²) in [6.45, 7) is 0.832. The summed E-state index contributed by atoms with van der Waals surface area (Å²) in [6, 6.07) is 14.3. The second-order valence-electron chi connectivity index (χ2n) is 5.33. The number of sulfone groups is 1. The number of hydrogen-bond donors (Lipinski definition) is 2. The number of anilines is 1. The standard InChI is InChI=1S/C17H21N3O3S/c1-23-12-14-5-3-4-6-16(14)20-17(18)19-11-13-7-9-15(10-8-13)24(2,21)22/h3-10H,11-12H2,1-2H3,(H3,18,19,20). The molecule has 0 bridgehead atoms. The van der Waals surface area contributed by atoms with Crippen LogP contribution in [0, 0.1) is 0 Å². The normalized spacial score (nSPS) is 12.2. The Morgan fingerprint density at radius 2 is 1.83 bits per heavy atom. The molecule has 0 saturated carbocycles. The van der Waals surface area contributed by atoms with Gasteiger partial charge in [-0.05, 0) is 23.8 Å². The largest absolute Gasteiger partial charge is 0.380 e. The van der Waals surface area contributed by atoms with E-state index in [1.165, 1.54) is 6.26 Å². The molecule has 0 aromatic heterocycles. The molecule has 0 aliphatic heterocycles. The van der Waals surface area contributed by atoms with Crippen molar-refractivity contribution in [2.75, 3.05) is 18.7 Å².